The van der Waals surface area contributed by atoms with Gasteiger partial charge < -0.3 is 20.9 Å². The van der Waals surface area contributed by atoms with E-state index < -0.39 is 0 Å². The lowest BCUT2D eigenvalue weighted by atomic mass is 9.99. The minimum Gasteiger partial charge on any atom is -0.329 e. The Morgan fingerprint density at radius 2 is 1.83 bits per heavy atom. The van der Waals surface area contributed by atoms with Crippen molar-refractivity contribution in [1.29, 1.82) is 0 Å². The Kier molecular flexibility index (Phi) is 5.47. The molecule has 0 radical (unpaired) electrons. The summed E-state index contributed by atoms with van der Waals surface area (Å²) in [6, 6.07) is 16.2. The number of rotatable bonds is 7. The number of Topliss-reactive ketones (excluding diaryl/α,β-unsaturated/α-hetero) is 2. The smallest absolute Gasteiger partial charge is 0.183 e. The molecule has 0 unspecified atom stereocenters. The van der Waals surface area contributed by atoms with Gasteiger partial charge in [-0.15, -0.1) is 0 Å². The number of aryl methyl sites for hydroxylation is 1. The number of para-hydroxylation sites is 2. The quantitative estimate of drug-likeness (QED) is 0.705. The SMILES string of the molecule is Cc1ccc(CNCC(=O)C2=C3N(CCN)c4ccccc4N3CCC2=O)cc1. The largest absolute Gasteiger partial charge is 0.329 e. The van der Waals surface area contributed by atoms with E-state index >= 15 is 0 Å². The van der Waals surface area contributed by atoms with Gasteiger partial charge in [0.05, 0.1) is 17.9 Å². The maximum Gasteiger partial charge on any atom is 0.183 e. The van der Waals surface area contributed by atoms with Crippen molar-refractivity contribution in [2.45, 2.75) is 19.9 Å². The zero-order chi connectivity index (χ0) is 20.4. The van der Waals surface area contributed by atoms with Crippen LogP contribution < -0.4 is 20.9 Å². The van der Waals surface area contributed by atoms with Gasteiger partial charge in [-0.25, -0.2) is 0 Å². The number of hydrogen-bond acceptors (Lipinski definition) is 6. The molecule has 0 fully saturated rings. The third-order valence-electron chi connectivity index (χ3n) is 5.41. The molecule has 0 saturated heterocycles. The van der Waals surface area contributed by atoms with Gasteiger partial charge in [0.25, 0.3) is 0 Å². The molecule has 0 bridgehead atoms. The number of carbonyl (C=O) groups excluding carboxylic acids is 2. The molecule has 0 amide bonds. The predicted octanol–water partition coefficient (Wildman–Crippen LogP) is 2.12. The Morgan fingerprint density at radius 3 is 2.55 bits per heavy atom. The molecule has 0 aliphatic carbocycles. The summed E-state index contributed by atoms with van der Waals surface area (Å²) in [5.41, 5.74) is 10.5. The van der Waals surface area contributed by atoms with E-state index in [-0.39, 0.29) is 23.7 Å². The topological polar surface area (TPSA) is 78.7 Å². The normalized spacial score (nSPS) is 15.6. The molecule has 150 valence electrons. The van der Waals surface area contributed by atoms with Crippen LogP contribution in [-0.4, -0.2) is 37.7 Å². The van der Waals surface area contributed by atoms with Gasteiger partial charge in [0.2, 0.25) is 0 Å². The van der Waals surface area contributed by atoms with Crippen LogP contribution in [0.4, 0.5) is 11.4 Å². The number of fused-ring (bicyclic) bond motifs is 3. The van der Waals surface area contributed by atoms with Crippen LogP contribution in [0.3, 0.4) is 0 Å². The third-order valence-corrected chi connectivity index (χ3v) is 5.41. The molecule has 0 atom stereocenters. The summed E-state index contributed by atoms with van der Waals surface area (Å²) in [6.07, 6.45) is 0.341. The monoisotopic (exact) mass is 390 g/mol. The fourth-order valence-corrected chi connectivity index (χ4v) is 4.00. The van der Waals surface area contributed by atoms with Crippen molar-refractivity contribution in [3.8, 4) is 0 Å². The molecule has 0 saturated carbocycles. The fraction of sp³-hybridized carbons (Fsp3) is 0.304. The number of nitrogens with zero attached hydrogens (tertiary/aromatic N) is 2. The van der Waals surface area contributed by atoms with Crippen LogP contribution in [0.2, 0.25) is 0 Å². The molecule has 3 N–H and O–H groups in total. The second-order valence-electron chi connectivity index (χ2n) is 7.46. The average Bonchev–Trinajstić information content (AvgIpc) is 3.03. The van der Waals surface area contributed by atoms with Gasteiger partial charge >= 0.3 is 0 Å². The Bertz CT molecular complexity index is 965. The number of carbonyl (C=O) groups is 2. The number of ketones is 2. The summed E-state index contributed by atoms with van der Waals surface area (Å²) < 4.78 is 0. The van der Waals surface area contributed by atoms with Gasteiger partial charge in [0.15, 0.2) is 11.6 Å². The van der Waals surface area contributed by atoms with Crippen molar-refractivity contribution in [2.75, 3.05) is 36.0 Å². The third kappa shape index (κ3) is 3.69. The summed E-state index contributed by atoms with van der Waals surface area (Å²) in [5.74, 6) is 0.430. The molecule has 2 aromatic rings. The number of benzene rings is 2. The van der Waals surface area contributed by atoms with Crippen LogP contribution in [0.5, 0.6) is 0 Å². The summed E-state index contributed by atoms with van der Waals surface area (Å²) in [7, 11) is 0. The van der Waals surface area contributed by atoms with Crippen molar-refractivity contribution in [2.24, 2.45) is 5.73 Å². The molecular formula is C23H26N4O2. The first-order valence-corrected chi connectivity index (χ1v) is 10.0. The Balaban J connectivity index is 1.58. The highest BCUT2D eigenvalue weighted by molar-refractivity contribution is 6.23. The van der Waals surface area contributed by atoms with Crippen molar-refractivity contribution < 1.29 is 9.59 Å². The molecule has 0 aromatic heterocycles. The molecular weight excluding hydrogens is 364 g/mol. The number of nitrogens with one attached hydrogen (secondary N) is 1. The Hall–Kier alpha value is -2.96. The van der Waals surface area contributed by atoms with E-state index in [1.54, 1.807) is 0 Å². The van der Waals surface area contributed by atoms with Gasteiger partial charge in [0, 0.05) is 32.6 Å². The molecule has 2 aromatic carbocycles. The minimum atomic E-state index is -0.170. The molecule has 2 heterocycles. The van der Waals surface area contributed by atoms with Gasteiger partial charge in [-0.1, -0.05) is 42.0 Å². The van der Waals surface area contributed by atoms with E-state index in [0.29, 0.717) is 38.4 Å². The van der Waals surface area contributed by atoms with Crippen molar-refractivity contribution >= 4 is 22.9 Å². The molecule has 0 spiro atoms. The van der Waals surface area contributed by atoms with Crippen molar-refractivity contribution in [3.05, 3.63) is 71.1 Å². The van der Waals surface area contributed by atoms with Crippen molar-refractivity contribution in [1.82, 2.24) is 5.32 Å². The zero-order valence-electron chi connectivity index (χ0n) is 16.6. The van der Waals surface area contributed by atoms with E-state index in [4.69, 9.17) is 5.73 Å². The minimum absolute atomic E-state index is 0.0896. The van der Waals surface area contributed by atoms with Gasteiger partial charge in [0.1, 0.15) is 11.4 Å². The first-order valence-electron chi connectivity index (χ1n) is 10.0. The molecule has 2 aliphatic heterocycles. The van der Waals surface area contributed by atoms with Gasteiger partial charge in [-0.3, -0.25) is 9.59 Å². The van der Waals surface area contributed by atoms with Crippen LogP contribution in [0.25, 0.3) is 0 Å². The molecule has 2 aliphatic rings. The second-order valence-corrected chi connectivity index (χ2v) is 7.46. The lowest BCUT2D eigenvalue weighted by Crippen LogP contribution is -2.42. The van der Waals surface area contributed by atoms with E-state index in [1.165, 1.54) is 5.56 Å². The lowest BCUT2D eigenvalue weighted by molar-refractivity contribution is -0.121. The molecule has 6 nitrogen and oxygen atoms in total. The van der Waals surface area contributed by atoms with Crippen LogP contribution >= 0.6 is 0 Å². The standard InChI is InChI=1S/C23H26N4O2/c1-16-6-8-17(9-7-16)14-25-15-21(29)22-20(28)10-12-26-18-4-2-3-5-19(18)27(13-11-24)23(22)26/h2-9,25H,10-15,24H2,1H3. The van der Waals surface area contributed by atoms with E-state index in [1.807, 2.05) is 60.4 Å². The second kappa shape index (κ2) is 8.19. The van der Waals surface area contributed by atoms with Crippen LogP contribution in [0, 0.1) is 6.92 Å². The van der Waals surface area contributed by atoms with E-state index in [0.717, 1.165) is 16.9 Å². The highest BCUT2D eigenvalue weighted by Gasteiger charge is 2.40. The maximum absolute atomic E-state index is 13.1. The molecule has 29 heavy (non-hydrogen) atoms. The van der Waals surface area contributed by atoms with Crippen LogP contribution in [0.1, 0.15) is 17.5 Å². The first kappa shape index (κ1) is 19.4. The number of anilines is 2. The predicted molar refractivity (Wildman–Crippen MR) is 115 cm³/mol. The first-order chi connectivity index (χ1) is 14.1. The molecule has 4 rings (SSSR count). The van der Waals surface area contributed by atoms with Crippen LogP contribution in [-0.2, 0) is 16.1 Å². The lowest BCUT2D eigenvalue weighted by Gasteiger charge is -2.30. The summed E-state index contributed by atoms with van der Waals surface area (Å²) in [5, 5.41) is 3.19. The van der Waals surface area contributed by atoms with E-state index in [9.17, 15) is 9.59 Å². The summed E-state index contributed by atoms with van der Waals surface area (Å²) >= 11 is 0. The Labute approximate surface area is 171 Å². The summed E-state index contributed by atoms with van der Waals surface area (Å²) in [6.45, 7) is 4.33. The average molecular weight is 390 g/mol. The van der Waals surface area contributed by atoms with Gasteiger partial charge in [-0.05, 0) is 24.6 Å². The maximum atomic E-state index is 13.1. The van der Waals surface area contributed by atoms with Crippen LogP contribution in [0.15, 0.2) is 59.9 Å². The van der Waals surface area contributed by atoms with E-state index in [2.05, 4.69) is 10.2 Å². The highest BCUT2D eigenvalue weighted by atomic mass is 16.2. The van der Waals surface area contributed by atoms with Crippen molar-refractivity contribution in [3.63, 3.8) is 0 Å². The molecule has 6 heteroatoms. The van der Waals surface area contributed by atoms with Gasteiger partial charge in [-0.2, -0.15) is 0 Å². The number of nitrogens with two attached hydrogens (primary N) is 1. The fourth-order valence-electron chi connectivity index (χ4n) is 4.00. The Morgan fingerprint density at radius 1 is 1.10 bits per heavy atom. The highest BCUT2D eigenvalue weighted by Crippen LogP contribution is 2.44. The number of hydrogen-bond donors (Lipinski definition) is 2. The summed E-state index contributed by atoms with van der Waals surface area (Å²) in [4.78, 5) is 29.9. The zero-order valence-corrected chi connectivity index (χ0v) is 16.6.